The standard InChI is InChI=1S/C20H25N5O2/c1-20(2,3)19-23-16(27-24-19)10-11-17(26)25-12-6-9-15(25)18-21-13-7-4-5-8-14(13)22-18/h4-5,7-8,15H,6,9-12H2,1-3H3,(H,21,22)/t15-/m1/s1. The molecule has 142 valence electrons. The van der Waals surface area contributed by atoms with Crippen molar-refractivity contribution in [2.45, 2.75) is 57.9 Å². The first-order valence-electron chi connectivity index (χ1n) is 9.49. The van der Waals surface area contributed by atoms with Crippen molar-refractivity contribution in [1.82, 2.24) is 25.0 Å². The Morgan fingerprint density at radius 1 is 1.30 bits per heavy atom. The summed E-state index contributed by atoms with van der Waals surface area (Å²) in [6.07, 6.45) is 2.75. The minimum Gasteiger partial charge on any atom is -0.340 e. The molecule has 1 saturated heterocycles. The Kier molecular flexibility index (Phi) is 4.45. The average molecular weight is 367 g/mol. The van der Waals surface area contributed by atoms with Crippen molar-refractivity contribution < 1.29 is 9.32 Å². The summed E-state index contributed by atoms with van der Waals surface area (Å²) < 4.78 is 5.31. The molecule has 1 aliphatic rings. The molecule has 1 aliphatic heterocycles. The molecule has 0 aliphatic carbocycles. The van der Waals surface area contributed by atoms with E-state index in [1.54, 1.807) is 0 Å². The molecule has 0 radical (unpaired) electrons. The van der Waals surface area contributed by atoms with Gasteiger partial charge in [-0.2, -0.15) is 4.98 Å². The molecule has 4 rings (SSSR count). The summed E-state index contributed by atoms with van der Waals surface area (Å²) in [6.45, 7) is 6.87. The van der Waals surface area contributed by atoms with Gasteiger partial charge >= 0.3 is 0 Å². The van der Waals surface area contributed by atoms with Crippen LogP contribution < -0.4 is 0 Å². The van der Waals surface area contributed by atoms with Crippen LogP contribution in [0.2, 0.25) is 0 Å². The van der Waals surface area contributed by atoms with E-state index in [0.717, 1.165) is 36.2 Å². The first-order chi connectivity index (χ1) is 12.9. The Hall–Kier alpha value is -2.70. The summed E-state index contributed by atoms with van der Waals surface area (Å²) >= 11 is 0. The normalized spacial score (nSPS) is 17.7. The van der Waals surface area contributed by atoms with E-state index in [2.05, 4.69) is 20.1 Å². The molecule has 1 fully saturated rings. The number of H-pyrrole nitrogens is 1. The van der Waals surface area contributed by atoms with Gasteiger partial charge in [0.05, 0.1) is 17.1 Å². The lowest BCUT2D eigenvalue weighted by atomic mass is 9.96. The van der Waals surface area contributed by atoms with Crippen LogP contribution in [0.5, 0.6) is 0 Å². The molecule has 1 atom stereocenters. The number of hydrogen-bond donors (Lipinski definition) is 1. The number of fused-ring (bicyclic) bond motifs is 1. The van der Waals surface area contributed by atoms with E-state index in [1.165, 1.54) is 0 Å². The second-order valence-electron chi connectivity index (χ2n) is 8.15. The fourth-order valence-corrected chi connectivity index (χ4v) is 3.50. The molecule has 27 heavy (non-hydrogen) atoms. The van der Waals surface area contributed by atoms with Crippen LogP contribution in [0.1, 0.15) is 63.6 Å². The molecular weight excluding hydrogens is 342 g/mol. The first-order valence-corrected chi connectivity index (χ1v) is 9.49. The molecule has 3 aromatic rings. The molecule has 7 heteroatoms. The Labute approximate surface area is 158 Å². The zero-order valence-electron chi connectivity index (χ0n) is 16.0. The lowest BCUT2D eigenvalue weighted by Crippen LogP contribution is -2.31. The largest absolute Gasteiger partial charge is 0.340 e. The van der Waals surface area contributed by atoms with E-state index in [-0.39, 0.29) is 17.4 Å². The highest BCUT2D eigenvalue weighted by Crippen LogP contribution is 2.32. The van der Waals surface area contributed by atoms with Crippen LogP contribution in [0.4, 0.5) is 0 Å². The van der Waals surface area contributed by atoms with Gasteiger partial charge in [-0.3, -0.25) is 4.79 Å². The Morgan fingerprint density at radius 2 is 2.11 bits per heavy atom. The number of imidazole rings is 1. The van der Waals surface area contributed by atoms with E-state index in [1.807, 2.05) is 49.9 Å². The maximum Gasteiger partial charge on any atom is 0.227 e. The van der Waals surface area contributed by atoms with Crippen molar-refractivity contribution in [2.75, 3.05) is 6.54 Å². The van der Waals surface area contributed by atoms with Gasteiger partial charge in [-0.15, -0.1) is 0 Å². The molecule has 0 bridgehead atoms. The minimum absolute atomic E-state index is 0.0118. The number of aromatic amines is 1. The molecule has 1 N–H and O–H groups in total. The van der Waals surface area contributed by atoms with Crippen LogP contribution in [0, 0.1) is 0 Å². The second kappa shape index (κ2) is 6.79. The van der Waals surface area contributed by atoms with E-state index in [9.17, 15) is 4.79 Å². The number of para-hydroxylation sites is 2. The molecule has 1 amide bonds. The summed E-state index contributed by atoms with van der Waals surface area (Å²) in [5.41, 5.74) is 1.78. The molecule has 0 unspecified atom stereocenters. The van der Waals surface area contributed by atoms with Gasteiger partial charge in [0.2, 0.25) is 11.8 Å². The number of hydrogen-bond acceptors (Lipinski definition) is 5. The summed E-state index contributed by atoms with van der Waals surface area (Å²) in [6, 6.07) is 7.96. The molecule has 0 spiro atoms. The number of amides is 1. The van der Waals surface area contributed by atoms with Crippen LogP contribution in [-0.4, -0.2) is 37.5 Å². The second-order valence-corrected chi connectivity index (χ2v) is 8.15. The van der Waals surface area contributed by atoms with Gasteiger partial charge in [0.1, 0.15) is 5.82 Å². The Balaban J connectivity index is 1.44. The van der Waals surface area contributed by atoms with Crippen LogP contribution in [0.3, 0.4) is 0 Å². The Morgan fingerprint density at radius 3 is 2.85 bits per heavy atom. The highest BCUT2D eigenvalue weighted by atomic mass is 16.5. The molecular formula is C20H25N5O2. The van der Waals surface area contributed by atoms with Crippen molar-refractivity contribution in [3.8, 4) is 0 Å². The van der Waals surface area contributed by atoms with E-state index in [4.69, 9.17) is 4.52 Å². The third-order valence-corrected chi connectivity index (χ3v) is 4.99. The van der Waals surface area contributed by atoms with Gasteiger partial charge in [0, 0.05) is 24.8 Å². The molecule has 7 nitrogen and oxygen atoms in total. The van der Waals surface area contributed by atoms with Gasteiger partial charge in [-0.05, 0) is 25.0 Å². The fourth-order valence-electron chi connectivity index (χ4n) is 3.50. The minimum atomic E-state index is -0.160. The van der Waals surface area contributed by atoms with E-state index in [0.29, 0.717) is 24.6 Å². The van der Waals surface area contributed by atoms with Crippen LogP contribution in [0.25, 0.3) is 11.0 Å². The van der Waals surface area contributed by atoms with Crippen molar-refractivity contribution in [2.24, 2.45) is 0 Å². The number of rotatable bonds is 4. The first kappa shape index (κ1) is 17.7. The number of aromatic nitrogens is 4. The van der Waals surface area contributed by atoms with Gasteiger partial charge in [0.15, 0.2) is 5.82 Å². The number of aryl methyl sites for hydroxylation is 1. The third-order valence-electron chi connectivity index (χ3n) is 4.99. The predicted molar refractivity (Wildman–Crippen MR) is 101 cm³/mol. The van der Waals surface area contributed by atoms with Crippen LogP contribution in [0.15, 0.2) is 28.8 Å². The number of carbonyl (C=O) groups is 1. The summed E-state index contributed by atoms with van der Waals surface area (Å²) in [7, 11) is 0. The van der Waals surface area contributed by atoms with Crippen molar-refractivity contribution >= 4 is 16.9 Å². The number of likely N-dealkylation sites (tertiary alicyclic amines) is 1. The number of carbonyl (C=O) groups excluding carboxylic acids is 1. The number of nitrogens with zero attached hydrogens (tertiary/aromatic N) is 4. The smallest absolute Gasteiger partial charge is 0.227 e. The highest BCUT2D eigenvalue weighted by Gasteiger charge is 2.32. The van der Waals surface area contributed by atoms with Gasteiger partial charge in [0.25, 0.3) is 0 Å². The molecule has 0 saturated carbocycles. The summed E-state index contributed by atoms with van der Waals surface area (Å²) in [4.78, 5) is 27.2. The van der Waals surface area contributed by atoms with Crippen LogP contribution >= 0.6 is 0 Å². The highest BCUT2D eigenvalue weighted by molar-refractivity contribution is 5.78. The topological polar surface area (TPSA) is 87.9 Å². The van der Waals surface area contributed by atoms with Crippen LogP contribution in [-0.2, 0) is 16.6 Å². The SMILES string of the molecule is CC(C)(C)c1noc(CCC(=O)N2CCC[C@@H]2c2nc3ccccc3[nH]2)n1. The van der Waals surface area contributed by atoms with Crippen molar-refractivity contribution in [3.63, 3.8) is 0 Å². The van der Waals surface area contributed by atoms with Gasteiger partial charge in [-0.1, -0.05) is 38.1 Å². The quantitative estimate of drug-likeness (QED) is 0.762. The van der Waals surface area contributed by atoms with Gasteiger partial charge < -0.3 is 14.4 Å². The van der Waals surface area contributed by atoms with Crippen molar-refractivity contribution in [1.29, 1.82) is 0 Å². The summed E-state index contributed by atoms with van der Waals surface area (Å²) in [5, 5.41) is 4.02. The lowest BCUT2D eigenvalue weighted by Gasteiger charge is -2.23. The van der Waals surface area contributed by atoms with E-state index < -0.39 is 0 Å². The molecule has 2 aromatic heterocycles. The molecule has 3 heterocycles. The third kappa shape index (κ3) is 3.59. The predicted octanol–water partition coefficient (Wildman–Crippen LogP) is 3.54. The maximum absolute atomic E-state index is 12.8. The van der Waals surface area contributed by atoms with Crippen molar-refractivity contribution in [3.05, 3.63) is 41.8 Å². The van der Waals surface area contributed by atoms with Gasteiger partial charge in [-0.25, -0.2) is 4.98 Å². The Bertz CT molecular complexity index is 920. The fraction of sp³-hybridized carbons (Fsp3) is 0.500. The number of benzene rings is 1. The average Bonchev–Trinajstić information content (AvgIpc) is 3.36. The molecule has 1 aromatic carbocycles. The number of nitrogens with one attached hydrogen (secondary N) is 1. The zero-order chi connectivity index (χ0) is 19.0. The monoisotopic (exact) mass is 367 g/mol. The lowest BCUT2D eigenvalue weighted by molar-refractivity contribution is -0.132. The summed E-state index contributed by atoms with van der Waals surface area (Å²) in [5.74, 6) is 2.17. The zero-order valence-corrected chi connectivity index (χ0v) is 16.0. The van der Waals surface area contributed by atoms with E-state index >= 15 is 0 Å². The maximum atomic E-state index is 12.8.